The van der Waals surface area contributed by atoms with Crippen molar-refractivity contribution in [3.8, 4) is 0 Å². The number of piperazine rings is 1. The Morgan fingerprint density at radius 3 is 2.37 bits per heavy atom. The standard InChI is InChI=1S/C14H28N2O2S/c1-4-14(5-2)11-15-13(12-6-7-12)10-16(14)8-9-19(3,17)18/h12-13,15H,4-11H2,1-3H3. The molecule has 0 bridgehead atoms. The number of rotatable bonds is 6. The average molecular weight is 288 g/mol. The Kier molecular flexibility index (Phi) is 4.58. The molecule has 0 spiro atoms. The summed E-state index contributed by atoms with van der Waals surface area (Å²) in [4.78, 5) is 2.45. The second-order valence-corrected chi connectivity index (χ2v) is 8.59. The molecule has 1 saturated heterocycles. The molecule has 2 rings (SSSR count). The fraction of sp³-hybridized carbons (Fsp3) is 1.00. The van der Waals surface area contributed by atoms with Gasteiger partial charge in [-0.25, -0.2) is 8.42 Å². The molecule has 0 aromatic heterocycles. The molecule has 1 heterocycles. The van der Waals surface area contributed by atoms with Crippen molar-refractivity contribution in [2.45, 2.75) is 51.1 Å². The first-order chi connectivity index (χ1) is 8.90. The van der Waals surface area contributed by atoms with E-state index in [4.69, 9.17) is 0 Å². The van der Waals surface area contributed by atoms with Gasteiger partial charge in [-0.2, -0.15) is 0 Å². The topological polar surface area (TPSA) is 49.4 Å². The molecule has 4 nitrogen and oxygen atoms in total. The molecule has 112 valence electrons. The van der Waals surface area contributed by atoms with E-state index in [1.54, 1.807) is 0 Å². The van der Waals surface area contributed by atoms with Gasteiger partial charge in [0.2, 0.25) is 0 Å². The van der Waals surface area contributed by atoms with Gasteiger partial charge < -0.3 is 5.32 Å². The van der Waals surface area contributed by atoms with E-state index in [1.165, 1.54) is 19.1 Å². The summed E-state index contributed by atoms with van der Waals surface area (Å²) in [6.45, 7) is 7.14. The third-order valence-corrected chi connectivity index (χ3v) is 5.94. The van der Waals surface area contributed by atoms with Crippen LogP contribution < -0.4 is 5.32 Å². The van der Waals surface area contributed by atoms with Crippen LogP contribution in [0.5, 0.6) is 0 Å². The number of hydrogen-bond donors (Lipinski definition) is 1. The molecule has 1 atom stereocenters. The van der Waals surface area contributed by atoms with Gasteiger partial charge in [0.15, 0.2) is 0 Å². The highest BCUT2D eigenvalue weighted by atomic mass is 32.2. The van der Waals surface area contributed by atoms with E-state index in [9.17, 15) is 8.42 Å². The molecule has 1 saturated carbocycles. The maximum atomic E-state index is 11.4. The lowest BCUT2D eigenvalue weighted by Crippen LogP contribution is -2.65. The van der Waals surface area contributed by atoms with Crippen molar-refractivity contribution in [2.24, 2.45) is 5.92 Å². The largest absolute Gasteiger partial charge is 0.311 e. The number of sulfone groups is 1. The Balaban J connectivity index is 2.05. The summed E-state index contributed by atoms with van der Waals surface area (Å²) in [5.74, 6) is 1.11. The highest BCUT2D eigenvalue weighted by Crippen LogP contribution is 2.37. The van der Waals surface area contributed by atoms with Crippen molar-refractivity contribution >= 4 is 9.84 Å². The lowest BCUT2D eigenvalue weighted by atomic mass is 9.86. The summed E-state index contributed by atoms with van der Waals surface area (Å²) in [6.07, 6.45) is 6.17. The highest BCUT2D eigenvalue weighted by Gasteiger charge is 2.43. The van der Waals surface area contributed by atoms with Crippen molar-refractivity contribution in [3.63, 3.8) is 0 Å². The molecule has 19 heavy (non-hydrogen) atoms. The molecular weight excluding hydrogens is 260 g/mol. The fourth-order valence-electron chi connectivity index (χ4n) is 3.29. The lowest BCUT2D eigenvalue weighted by molar-refractivity contribution is 0.0327. The van der Waals surface area contributed by atoms with Gasteiger partial charge in [-0.1, -0.05) is 13.8 Å². The Bertz CT molecular complexity index is 400. The zero-order chi connectivity index (χ0) is 14.1. The van der Waals surface area contributed by atoms with E-state index in [0.717, 1.165) is 31.8 Å². The van der Waals surface area contributed by atoms with Crippen molar-refractivity contribution in [1.82, 2.24) is 10.2 Å². The van der Waals surface area contributed by atoms with E-state index in [-0.39, 0.29) is 11.3 Å². The Labute approximate surface area is 117 Å². The average Bonchev–Trinajstić information content (AvgIpc) is 3.19. The van der Waals surface area contributed by atoms with Crippen molar-refractivity contribution in [3.05, 3.63) is 0 Å². The van der Waals surface area contributed by atoms with Crippen LogP contribution in [0.25, 0.3) is 0 Å². The summed E-state index contributed by atoms with van der Waals surface area (Å²) in [5.41, 5.74) is 0.149. The molecular formula is C14H28N2O2S. The van der Waals surface area contributed by atoms with E-state index in [1.807, 2.05) is 0 Å². The second-order valence-electron chi connectivity index (χ2n) is 6.33. The minimum absolute atomic E-state index is 0.149. The third-order valence-electron chi connectivity index (χ3n) is 5.02. The maximum absolute atomic E-state index is 11.4. The first kappa shape index (κ1) is 15.3. The molecule has 2 fully saturated rings. The van der Waals surface area contributed by atoms with Gasteiger partial charge in [-0.05, 0) is 31.6 Å². The van der Waals surface area contributed by atoms with Crippen LogP contribution in [0.4, 0.5) is 0 Å². The summed E-state index contributed by atoms with van der Waals surface area (Å²) in [7, 11) is -2.87. The fourth-order valence-corrected chi connectivity index (χ4v) is 3.85. The Morgan fingerprint density at radius 2 is 1.89 bits per heavy atom. The zero-order valence-corrected chi connectivity index (χ0v) is 13.3. The highest BCUT2D eigenvalue weighted by molar-refractivity contribution is 7.90. The smallest absolute Gasteiger partial charge is 0.148 e. The summed E-state index contributed by atoms with van der Waals surface area (Å²) in [6, 6.07) is 0.575. The first-order valence-electron chi connectivity index (χ1n) is 7.56. The summed E-state index contributed by atoms with van der Waals surface area (Å²) in [5, 5.41) is 3.71. The molecule has 1 aliphatic carbocycles. The molecule has 0 aromatic carbocycles. The van der Waals surface area contributed by atoms with E-state index in [2.05, 4.69) is 24.1 Å². The molecule has 1 aliphatic heterocycles. The van der Waals surface area contributed by atoms with Crippen LogP contribution in [-0.2, 0) is 9.84 Å². The van der Waals surface area contributed by atoms with Crippen LogP contribution >= 0.6 is 0 Å². The predicted octanol–water partition coefficient (Wildman–Crippen LogP) is 1.27. The summed E-state index contributed by atoms with van der Waals surface area (Å²) < 4.78 is 22.9. The van der Waals surface area contributed by atoms with Gasteiger partial charge in [0, 0.05) is 37.5 Å². The van der Waals surface area contributed by atoms with Gasteiger partial charge in [0.25, 0.3) is 0 Å². The van der Waals surface area contributed by atoms with Crippen LogP contribution in [0.2, 0.25) is 0 Å². The van der Waals surface area contributed by atoms with Crippen LogP contribution in [0, 0.1) is 5.92 Å². The van der Waals surface area contributed by atoms with Gasteiger partial charge in [-0.3, -0.25) is 4.90 Å². The SMILES string of the molecule is CCC1(CC)CNC(C2CC2)CN1CCS(C)(=O)=O. The zero-order valence-electron chi connectivity index (χ0n) is 12.5. The van der Waals surface area contributed by atoms with Crippen LogP contribution in [0.1, 0.15) is 39.5 Å². The van der Waals surface area contributed by atoms with E-state index < -0.39 is 9.84 Å². The van der Waals surface area contributed by atoms with Crippen molar-refractivity contribution in [2.75, 3.05) is 31.6 Å². The van der Waals surface area contributed by atoms with Crippen LogP contribution in [0.3, 0.4) is 0 Å². The molecule has 1 unspecified atom stereocenters. The number of nitrogens with one attached hydrogen (secondary N) is 1. The summed E-state index contributed by atoms with van der Waals surface area (Å²) >= 11 is 0. The molecule has 0 aromatic rings. The quantitative estimate of drug-likeness (QED) is 0.800. The van der Waals surface area contributed by atoms with Crippen LogP contribution in [0.15, 0.2) is 0 Å². The molecule has 1 N–H and O–H groups in total. The van der Waals surface area contributed by atoms with Gasteiger partial charge in [0.1, 0.15) is 9.84 Å². The number of nitrogens with zero attached hydrogens (tertiary/aromatic N) is 1. The normalized spacial score (nSPS) is 28.5. The van der Waals surface area contributed by atoms with Crippen molar-refractivity contribution in [1.29, 1.82) is 0 Å². The maximum Gasteiger partial charge on any atom is 0.148 e. The van der Waals surface area contributed by atoms with Gasteiger partial charge >= 0.3 is 0 Å². The third kappa shape index (κ3) is 3.70. The molecule has 0 radical (unpaired) electrons. The molecule has 0 amide bonds. The van der Waals surface area contributed by atoms with Crippen molar-refractivity contribution < 1.29 is 8.42 Å². The second kappa shape index (κ2) is 5.70. The molecule has 2 aliphatic rings. The Hall–Kier alpha value is -0.130. The predicted molar refractivity (Wildman–Crippen MR) is 79.1 cm³/mol. The van der Waals surface area contributed by atoms with Gasteiger partial charge in [0.05, 0.1) is 5.75 Å². The van der Waals surface area contributed by atoms with Gasteiger partial charge in [-0.15, -0.1) is 0 Å². The number of hydrogen-bond acceptors (Lipinski definition) is 4. The monoisotopic (exact) mass is 288 g/mol. The van der Waals surface area contributed by atoms with Crippen LogP contribution in [-0.4, -0.2) is 56.5 Å². The lowest BCUT2D eigenvalue weighted by Gasteiger charge is -2.50. The molecule has 5 heteroatoms. The minimum atomic E-state index is -2.87. The van der Waals surface area contributed by atoms with E-state index in [0.29, 0.717) is 12.6 Å². The Morgan fingerprint density at radius 1 is 1.26 bits per heavy atom. The first-order valence-corrected chi connectivity index (χ1v) is 9.62. The van der Waals surface area contributed by atoms with E-state index >= 15 is 0 Å². The minimum Gasteiger partial charge on any atom is -0.311 e.